The molecule has 1 fully saturated rings. The van der Waals surface area contributed by atoms with Crippen molar-refractivity contribution < 1.29 is 19.4 Å². The van der Waals surface area contributed by atoms with Crippen molar-refractivity contribution in [3.05, 3.63) is 94.1 Å². The standard InChI is InChI=1S/C32H32N2O4S/c1-17(2)20-10-12-24-26(16-20)39-32(33-24)34-28(21-9-7-8-19(5)14-21)27(30(36)31(34)37)29(35)22-11-13-25(38-6)23(15-22)18(3)4/h7-18,28,35H,1-6H3/b29-27+. The van der Waals surface area contributed by atoms with Crippen LogP contribution in [-0.2, 0) is 9.59 Å². The SMILES string of the molecule is COc1ccc(/C(O)=C2\C(=O)C(=O)N(c3nc4ccc(C(C)C)cc4s3)C2c2cccc(C)c2)cc1C(C)C. The molecule has 200 valence electrons. The number of aliphatic hydroxyl groups excluding tert-OH is 1. The van der Waals surface area contributed by atoms with Crippen LogP contribution in [0.25, 0.3) is 16.0 Å². The first kappa shape index (κ1) is 26.6. The van der Waals surface area contributed by atoms with E-state index in [9.17, 15) is 14.7 Å². The molecule has 1 aliphatic heterocycles. The Balaban J connectivity index is 1.71. The number of ether oxygens (including phenoxy) is 1. The summed E-state index contributed by atoms with van der Waals surface area (Å²) >= 11 is 1.38. The van der Waals surface area contributed by atoms with Crippen LogP contribution in [0.5, 0.6) is 5.75 Å². The molecule has 4 aromatic rings. The number of carbonyl (C=O) groups is 2. The van der Waals surface area contributed by atoms with Crippen molar-refractivity contribution in [1.29, 1.82) is 0 Å². The van der Waals surface area contributed by atoms with Gasteiger partial charge < -0.3 is 9.84 Å². The molecular weight excluding hydrogens is 508 g/mol. The third-order valence-corrected chi connectivity index (χ3v) is 8.22. The van der Waals surface area contributed by atoms with Crippen molar-refractivity contribution in [3.63, 3.8) is 0 Å². The second-order valence-electron chi connectivity index (χ2n) is 10.6. The van der Waals surface area contributed by atoms with Gasteiger partial charge in [0.05, 0.1) is 28.9 Å². The summed E-state index contributed by atoms with van der Waals surface area (Å²) in [5.41, 5.74) is 5.06. The molecule has 1 amide bonds. The number of methoxy groups -OCH3 is 1. The maximum absolute atomic E-state index is 13.6. The number of carbonyl (C=O) groups excluding carboxylic acids is 2. The first-order chi connectivity index (χ1) is 18.6. The lowest BCUT2D eigenvalue weighted by Gasteiger charge is -2.23. The first-order valence-corrected chi connectivity index (χ1v) is 13.9. The zero-order valence-corrected chi connectivity index (χ0v) is 23.8. The molecule has 5 rings (SSSR count). The average Bonchev–Trinajstić information content (AvgIpc) is 3.45. The lowest BCUT2D eigenvalue weighted by atomic mass is 9.92. The Labute approximate surface area is 232 Å². The maximum Gasteiger partial charge on any atom is 0.301 e. The van der Waals surface area contributed by atoms with Gasteiger partial charge in [-0.25, -0.2) is 4.98 Å². The predicted octanol–water partition coefficient (Wildman–Crippen LogP) is 7.49. The zero-order valence-electron chi connectivity index (χ0n) is 23.0. The summed E-state index contributed by atoms with van der Waals surface area (Å²) in [5, 5.41) is 12.0. The van der Waals surface area contributed by atoms with Crippen LogP contribution >= 0.6 is 11.3 Å². The Morgan fingerprint density at radius 3 is 2.44 bits per heavy atom. The van der Waals surface area contributed by atoms with Gasteiger partial charge in [-0.3, -0.25) is 14.5 Å². The van der Waals surface area contributed by atoms with E-state index in [0.29, 0.717) is 22.4 Å². The molecule has 1 aliphatic rings. The molecule has 6 nitrogen and oxygen atoms in total. The van der Waals surface area contributed by atoms with E-state index in [-0.39, 0.29) is 17.3 Å². The number of hydrogen-bond acceptors (Lipinski definition) is 6. The van der Waals surface area contributed by atoms with Gasteiger partial charge in [0.2, 0.25) is 0 Å². The molecule has 0 saturated carbocycles. The van der Waals surface area contributed by atoms with Crippen LogP contribution in [0.1, 0.15) is 73.4 Å². The molecule has 0 bridgehead atoms. The van der Waals surface area contributed by atoms with Gasteiger partial charge in [0, 0.05) is 5.56 Å². The van der Waals surface area contributed by atoms with E-state index in [1.54, 1.807) is 19.2 Å². The molecule has 1 aromatic heterocycles. The Bertz CT molecular complexity index is 1630. The third kappa shape index (κ3) is 4.72. The van der Waals surface area contributed by atoms with E-state index in [0.717, 1.165) is 26.9 Å². The highest BCUT2D eigenvalue weighted by atomic mass is 32.1. The number of aryl methyl sites for hydroxylation is 1. The normalized spacial score (nSPS) is 17.1. The van der Waals surface area contributed by atoms with Crippen LogP contribution < -0.4 is 9.64 Å². The number of hydrogen-bond donors (Lipinski definition) is 1. The highest BCUT2D eigenvalue weighted by Crippen LogP contribution is 2.45. The summed E-state index contributed by atoms with van der Waals surface area (Å²) in [6.07, 6.45) is 0. The van der Waals surface area contributed by atoms with E-state index >= 15 is 0 Å². The fourth-order valence-electron chi connectivity index (χ4n) is 5.06. The van der Waals surface area contributed by atoms with Crippen molar-refractivity contribution in [2.24, 2.45) is 0 Å². The van der Waals surface area contributed by atoms with E-state index in [4.69, 9.17) is 9.72 Å². The minimum absolute atomic E-state index is 0.0487. The van der Waals surface area contributed by atoms with E-state index in [1.807, 2.05) is 63.2 Å². The number of benzene rings is 3. The predicted molar refractivity (Wildman–Crippen MR) is 157 cm³/mol. The van der Waals surface area contributed by atoms with Gasteiger partial charge in [-0.2, -0.15) is 0 Å². The van der Waals surface area contributed by atoms with Crippen molar-refractivity contribution in [2.75, 3.05) is 12.0 Å². The van der Waals surface area contributed by atoms with Crippen LogP contribution in [0.4, 0.5) is 5.13 Å². The molecule has 2 heterocycles. The first-order valence-electron chi connectivity index (χ1n) is 13.1. The van der Waals surface area contributed by atoms with Crippen molar-refractivity contribution in [3.8, 4) is 5.75 Å². The number of nitrogens with zero attached hydrogens (tertiary/aromatic N) is 2. The molecule has 1 saturated heterocycles. The number of ketones is 1. The lowest BCUT2D eigenvalue weighted by Crippen LogP contribution is -2.29. The van der Waals surface area contributed by atoms with E-state index < -0.39 is 17.7 Å². The number of thiazole rings is 1. The van der Waals surface area contributed by atoms with Gasteiger partial charge >= 0.3 is 5.91 Å². The molecule has 0 spiro atoms. The summed E-state index contributed by atoms with van der Waals surface area (Å²) in [6, 6.07) is 18.2. The Kier molecular flexibility index (Phi) is 7.03. The molecule has 1 atom stereocenters. The molecular formula is C32H32N2O4S. The molecule has 7 heteroatoms. The van der Waals surface area contributed by atoms with Gasteiger partial charge in [-0.05, 0) is 65.8 Å². The molecule has 3 aromatic carbocycles. The Morgan fingerprint density at radius 1 is 1.00 bits per heavy atom. The van der Waals surface area contributed by atoms with Crippen molar-refractivity contribution in [2.45, 2.75) is 52.5 Å². The summed E-state index contributed by atoms with van der Waals surface area (Å²) in [5.74, 6) is -0.475. The number of anilines is 1. The van der Waals surface area contributed by atoms with Gasteiger partial charge in [0.15, 0.2) is 5.13 Å². The van der Waals surface area contributed by atoms with Gasteiger partial charge in [-0.1, -0.05) is 74.9 Å². The van der Waals surface area contributed by atoms with Crippen LogP contribution in [0.15, 0.2) is 66.2 Å². The summed E-state index contributed by atoms with van der Waals surface area (Å²) in [6.45, 7) is 10.3. The Morgan fingerprint density at radius 2 is 1.77 bits per heavy atom. The average molecular weight is 541 g/mol. The molecule has 1 unspecified atom stereocenters. The summed E-state index contributed by atoms with van der Waals surface area (Å²) in [4.78, 5) is 33.4. The van der Waals surface area contributed by atoms with Crippen molar-refractivity contribution in [1.82, 2.24) is 4.98 Å². The number of rotatable bonds is 6. The maximum atomic E-state index is 13.6. The van der Waals surface area contributed by atoms with Crippen molar-refractivity contribution >= 4 is 44.1 Å². The highest BCUT2D eigenvalue weighted by Gasteiger charge is 2.48. The van der Waals surface area contributed by atoms with Crippen LogP contribution in [0, 0.1) is 6.92 Å². The minimum Gasteiger partial charge on any atom is -0.507 e. The number of aromatic nitrogens is 1. The smallest absolute Gasteiger partial charge is 0.301 e. The Hall–Kier alpha value is -3.97. The molecule has 1 N–H and O–H groups in total. The largest absolute Gasteiger partial charge is 0.507 e. The second-order valence-corrected chi connectivity index (χ2v) is 11.6. The zero-order chi connectivity index (χ0) is 28.0. The minimum atomic E-state index is -0.820. The second kappa shape index (κ2) is 10.3. The van der Waals surface area contributed by atoms with Crippen LogP contribution in [-0.4, -0.2) is 28.9 Å². The monoisotopic (exact) mass is 540 g/mol. The highest BCUT2D eigenvalue weighted by molar-refractivity contribution is 7.22. The number of fused-ring (bicyclic) bond motifs is 1. The molecule has 39 heavy (non-hydrogen) atoms. The summed E-state index contributed by atoms with van der Waals surface area (Å²) in [7, 11) is 1.60. The molecule has 0 radical (unpaired) electrons. The quantitative estimate of drug-likeness (QED) is 0.156. The number of aliphatic hydroxyl groups is 1. The number of Topliss-reactive ketones (excluding diaryl/α,β-unsaturated/α-hetero) is 1. The topological polar surface area (TPSA) is 79.7 Å². The third-order valence-electron chi connectivity index (χ3n) is 7.20. The van der Waals surface area contributed by atoms with Gasteiger partial charge in [-0.15, -0.1) is 0 Å². The van der Waals surface area contributed by atoms with Crippen LogP contribution in [0.3, 0.4) is 0 Å². The molecule has 0 aliphatic carbocycles. The lowest BCUT2D eigenvalue weighted by molar-refractivity contribution is -0.132. The fraction of sp³-hybridized carbons (Fsp3) is 0.281. The van der Waals surface area contributed by atoms with Crippen LogP contribution in [0.2, 0.25) is 0 Å². The van der Waals surface area contributed by atoms with E-state index in [2.05, 4.69) is 19.9 Å². The van der Waals surface area contributed by atoms with E-state index in [1.165, 1.54) is 21.8 Å². The van der Waals surface area contributed by atoms with Gasteiger partial charge in [0.25, 0.3) is 5.78 Å². The fourth-order valence-corrected chi connectivity index (χ4v) is 6.11. The summed E-state index contributed by atoms with van der Waals surface area (Å²) < 4.78 is 6.44. The van der Waals surface area contributed by atoms with Gasteiger partial charge in [0.1, 0.15) is 11.5 Å². The number of amides is 1.